The maximum absolute atomic E-state index is 3.72. The van der Waals surface area contributed by atoms with E-state index in [0.29, 0.717) is 0 Å². The Hall–Kier alpha value is -1.28. The molecule has 2 heteroatoms. The quantitative estimate of drug-likeness (QED) is 0.892. The second kappa shape index (κ2) is 5.61. The van der Waals surface area contributed by atoms with Gasteiger partial charge in [0, 0.05) is 24.7 Å². The average molecular weight is 270 g/mol. The van der Waals surface area contributed by atoms with Crippen molar-refractivity contribution in [2.24, 2.45) is 7.05 Å². The van der Waals surface area contributed by atoms with Crippen molar-refractivity contribution < 1.29 is 0 Å². The van der Waals surface area contributed by atoms with Gasteiger partial charge in [-0.05, 0) is 56.8 Å². The molecule has 0 aliphatic heterocycles. The fraction of sp³-hybridized carbons (Fsp3) is 0.556. The van der Waals surface area contributed by atoms with Crippen LogP contribution in [0.5, 0.6) is 0 Å². The highest BCUT2D eigenvalue weighted by Gasteiger charge is 2.14. The molecule has 108 valence electrons. The second-order valence-electron chi connectivity index (χ2n) is 6.43. The summed E-state index contributed by atoms with van der Waals surface area (Å²) < 4.78 is 2.29. The topological polar surface area (TPSA) is 17.0 Å². The number of aromatic nitrogens is 1. The molecule has 1 aromatic heterocycles. The van der Waals surface area contributed by atoms with E-state index in [0.717, 1.165) is 19.0 Å². The minimum atomic E-state index is 0.772. The van der Waals surface area contributed by atoms with Crippen LogP contribution in [0.15, 0.2) is 18.3 Å². The van der Waals surface area contributed by atoms with Gasteiger partial charge in [-0.25, -0.2) is 0 Å². The molecule has 0 atom stereocenters. The van der Waals surface area contributed by atoms with E-state index in [1.54, 1.807) is 0 Å². The van der Waals surface area contributed by atoms with E-state index in [1.807, 2.05) is 0 Å². The molecule has 20 heavy (non-hydrogen) atoms. The number of nitrogens with zero attached hydrogens (tertiary/aromatic N) is 1. The van der Waals surface area contributed by atoms with Crippen molar-refractivity contribution in [3.8, 4) is 0 Å². The van der Waals surface area contributed by atoms with Crippen molar-refractivity contribution >= 4 is 10.9 Å². The lowest BCUT2D eigenvalue weighted by molar-refractivity contribution is 0.528. The Bertz CT molecular complexity index is 603. The molecule has 0 saturated heterocycles. The highest BCUT2D eigenvalue weighted by molar-refractivity contribution is 5.87. The summed E-state index contributed by atoms with van der Waals surface area (Å²) in [5.41, 5.74) is 5.63. The van der Waals surface area contributed by atoms with Crippen LogP contribution in [-0.4, -0.2) is 17.2 Å². The predicted octanol–water partition coefficient (Wildman–Crippen LogP) is 3.87. The number of nitrogens with one attached hydrogen (secondary N) is 1. The van der Waals surface area contributed by atoms with E-state index in [-0.39, 0.29) is 0 Å². The van der Waals surface area contributed by atoms with Crippen LogP contribution in [0.2, 0.25) is 0 Å². The lowest BCUT2D eigenvalue weighted by atomic mass is 10.0. The minimum absolute atomic E-state index is 0.772. The summed E-state index contributed by atoms with van der Waals surface area (Å²) in [7, 11) is 2.17. The maximum Gasteiger partial charge on any atom is 0.0510 e. The van der Waals surface area contributed by atoms with Gasteiger partial charge in [-0.3, -0.25) is 0 Å². The number of hydrogen-bond acceptors (Lipinski definition) is 1. The van der Waals surface area contributed by atoms with Crippen LogP contribution in [0.25, 0.3) is 10.9 Å². The van der Waals surface area contributed by atoms with Crippen molar-refractivity contribution in [2.75, 3.05) is 6.54 Å². The van der Waals surface area contributed by atoms with E-state index >= 15 is 0 Å². The molecule has 2 aromatic rings. The van der Waals surface area contributed by atoms with E-state index in [4.69, 9.17) is 0 Å². The summed E-state index contributed by atoms with van der Waals surface area (Å²) >= 11 is 0. The van der Waals surface area contributed by atoms with Gasteiger partial charge in [0.15, 0.2) is 0 Å². The normalized spacial score (nSPS) is 16.4. The fourth-order valence-corrected chi connectivity index (χ4v) is 3.78. The molecule has 0 bridgehead atoms. The molecule has 3 rings (SSSR count). The summed E-state index contributed by atoms with van der Waals surface area (Å²) in [5.74, 6) is 0. The van der Waals surface area contributed by atoms with Crippen molar-refractivity contribution in [2.45, 2.75) is 52.0 Å². The van der Waals surface area contributed by atoms with Gasteiger partial charge in [0.05, 0.1) is 5.52 Å². The van der Waals surface area contributed by atoms with Crippen LogP contribution in [-0.2, 0) is 13.5 Å². The molecular formula is C18H26N2. The smallest absolute Gasteiger partial charge is 0.0510 e. The maximum atomic E-state index is 3.72. The van der Waals surface area contributed by atoms with Gasteiger partial charge in [-0.1, -0.05) is 24.5 Å². The van der Waals surface area contributed by atoms with Gasteiger partial charge in [0.2, 0.25) is 0 Å². The van der Waals surface area contributed by atoms with Crippen LogP contribution in [0.4, 0.5) is 0 Å². The molecule has 1 aliphatic rings. The Balaban J connectivity index is 1.77. The van der Waals surface area contributed by atoms with Crippen molar-refractivity contribution in [1.82, 2.24) is 9.88 Å². The number of aryl methyl sites for hydroxylation is 3. The first kappa shape index (κ1) is 13.7. The third-order valence-electron chi connectivity index (χ3n) is 4.68. The molecule has 1 heterocycles. The number of hydrogen-bond donors (Lipinski definition) is 1. The molecule has 1 aliphatic carbocycles. The zero-order chi connectivity index (χ0) is 14.1. The first-order valence-corrected chi connectivity index (χ1v) is 7.93. The van der Waals surface area contributed by atoms with Gasteiger partial charge in [-0.2, -0.15) is 0 Å². The Morgan fingerprint density at radius 2 is 1.95 bits per heavy atom. The third kappa shape index (κ3) is 2.62. The van der Waals surface area contributed by atoms with Crippen molar-refractivity contribution in [1.29, 1.82) is 0 Å². The Kier molecular flexibility index (Phi) is 3.84. The molecule has 0 amide bonds. The van der Waals surface area contributed by atoms with Gasteiger partial charge in [0.25, 0.3) is 0 Å². The molecule has 2 nitrogen and oxygen atoms in total. The molecule has 0 spiro atoms. The average Bonchev–Trinajstić information content (AvgIpc) is 2.98. The van der Waals surface area contributed by atoms with Crippen LogP contribution in [0.3, 0.4) is 0 Å². The highest BCUT2D eigenvalue weighted by Crippen LogP contribution is 2.26. The lowest BCUT2D eigenvalue weighted by Crippen LogP contribution is -2.27. The number of fused-ring (bicyclic) bond motifs is 1. The predicted molar refractivity (Wildman–Crippen MR) is 86.4 cm³/mol. The molecule has 0 radical (unpaired) electrons. The molecule has 1 N–H and O–H groups in total. The zero-order valence-electron chi connectivity index (χ0n) is 13.0. The molecule has 1 fully saturated rings. The van der Waals surface area contributed by atoms with Crippen LogP contribution >= 0.6 is 0 Å². The second-order valence-corrected chi connectivity index (χ2v) is 6.43. The number of benzene rings is 1. The molecule has 0 unspecified atom stereocenters. The molecular weight excluding hydrogens is 244 g/mol. The first-order chi connectivity index (χ1) is 9.65. The third-order valence-corrected chi connectivity index (χ3v) is 4.68. The van der Waals surface area contributed by atoms with Crippen LogP contribution in [0, 0.1) is 13.8 Å². The fourth-order valence-electron chi connectivity index (χ4n) is 3.78. The van der Waals surface area contributed by atoms with Gasteiger partial charge in [-0.15, -0.1) is 0 Å². The van der Waals surface area contributed by atoms with E-state index in [1.165, 1.54) is 53.3 Å². The largest absolute Gasteiger partial charge is 0.350 e. The lowest BCUT2D eigenvalue weighted by Gasteiger charge is -2.11. The van der Waals surface area contributed by atoms with Crippen molar-refractivity contribution in [3.05, 3.63) is 35.0 Å². The van der Waals surface area contributed by atoms with E-state index in [9.17, 15) is 0 Å². The van der Waals surface area contributed by atoms with Crippen molar-refractivity contribution in [3.63, 3.8) is 0 Å². The van der Waals surface area contributed by atoms with Crippen LogP contribution < -0.4 is 5.32 Å². The summed E-state index contributed by atoms with van der Waals surface area (Å²) in [6, 6.07) is 5.39. The van der Waals surface area contributed by atoms with E-state index < -0.39 is 0 Å². The summed E-state index contributed by atoms with van der Waals surface area (Å²) in [5, 5.41) is 5.17. The molecule has 1 saturated carbocycles. The Labute approximate surface area is 122 Å². The standard InChI is InChI=1S/C18H26N2/c1-13-10-14(2)18-17(11-13)15(12-20(18)3)8-9-19-16-6-4-5-7-16/h10-12,16,19H,4-9H2,1-3H3. The van der Waals surface area contributed by atoms with Gasteiger partial charge >= 0.3 is 0 Å². The highest BCUT2D eigenvalue weighted by atomic mass is 14.9. The Morgan fingerprint density at radius 3 is 2.70 bits per heavy atom. The monoisotopic (exact) mass is 270 g/mol. The zero-order valence-corrected chi connectivity index (χ0v) is 13.0. The Morgan fingerprint density at radius 1 is 1.20 bits per heavy atom. The van der Waals surface area contributed by atoms with Crippen LogP contribution in [0.1, 0.15) is 42.4 Å². The summed E-state index contributed by atoms with van der Waals surface area (Å²) in [4.78, 5) is 0. The summed E-state index contributed by atoms with van der Waals surface area (Å²) in [6.45, 7) is 5.52. The SMILES string of the molecule is Cc1cc(C)c2c(c1)c(CCNC1CCCC1)cn2C. The van der Waals surface area contributed by atoms with E-state index in [2.05, 4.69) is 49.1 Å². The van der Waals surface area contributed by atoms with Gasteiger partial charge < -0.3 is 9.88 Å². The summed E-state index contributed by atoms with van der Waals surface area (Å²) in [6.07, 6.45) is 9.00. The molecule has 1 aromatic carbocycles. The first-order valence-electron chi connectivity index (χ1n) is 7.93. The number of rotatable bonds is 4. The van der Waals surface area contributed by atoms with Gasteiger partial charge in [0.1, 0.15) is 0 Å². The minimum Gasteiger partial charge on any atom is -0.350 e.